The maximum Gasteiger partial charge on any atom is 0.0729 e. The Morgan fingerprint density at radius 3 is 1.67 bits per heavy atom. The number of anilines is 3. The Hall–Kier alpha value is -6.18. The minimum atomic E-state index is -0.469. The molecule has 8 aromatic rings. The van der Waals surface area contributed by atoms with E-state index in [0.717, 1.165) is 5.69 Å². The summed E-state index contributed by atoms with van der Waals surface area (Å²) in [6, 6.07) is 65.1. The Morgan fingerprint density at radius 1 is 0.421 bits per heavy atom. The summed E-state index contributed by atoms with van der Waals surface area (Å²) < 4.78 is 0. The van der Waals surface area contributed by atoms with Crippen molar-refractivity contribution in [2.24, 2.45) is 0 Å². The van der Waals surface area contributed by atoms with Crippen molar-refractivity contribution in [3.63, 3.8) is 0 Å². The molecule has 0 heterocycles. The number of hydrogen-bond donors (Lipinski definition) is 0. The average molecular weight is 732 g/mol. The average Bonchev–Trinajstić information content (AvgIpc) is 3.68. The smallest absolute Gasteiger partial charge is 0.0729 e. The molecule has 4 aliphatic carbocycles. The number of para-hydroxylation sites is 1. The fourth-order valence-electron chi connectivity index (χ4n) is 11.8. The van der Waals surface area contributed by atoms with Crippen molar-refractivity contribution in [3.05, 3.63) is 209 Å². The first-order valence-corrected chi connectivity index (χ1v) is 21.0. The number of benzene rings is 8. The normalized spacial score (nSPS) is 18.1. The third-order valence-electron chi connectivity index (χ3n) is 14.2. The molecule has 0 N–H and O–H groups in total. The van der Waals surface area contributed by atoms with Crippen LogP contribution in [0.25, 0.3) is 44.2 Å². The van der Waals surface area contributed by atoms with Crippen LogP contribution in [0.3, 0.4) is 0 Å². The summed E-state index contributed by atoms with van der Waals surface area (Å²) >= 11 is 0. The van der Waals surface area contributed by atoms with E-state index in [-0.39, 0.29) is 5.41 Å². The van der Waals surface area contributed by atoms with Crippen molar-refractivity contribution in [2.75, 3.05) is 4.90 Å². The van der Waals surface area contributed by atoms with Crippen LogP contribution in [-0.4, -0.2) is 0 Å². The van der Waals surface area contributed by atoms with E-state index in [9.17, 15) is 0 Å². The highest BCUT2D eigenvalue weighted by Gasteiger charge is 2.52. The van der Waals surface area contributed by atoms with Crippen LogP contribution in [0.4, 0.5) is 17.1 Å². The van der Waals surface area contributed by atoms with Gasteiger partial charge in [0.2, 0.25) is 0 Å². The molecule has 0 aromatic heterocycles. The highest BCUT2D eigenvalue weighted by molar-refractivity contribution is 6.08. The standard InChI is InChI=1S/C56H45N/c1-55(2)48-25-12-9-21-42(48)45-32-29-39(34-51(45)55)57(38-19-7-4-8-20-38)40-30-33-46-43-22-10-13-26-49(43)56(52(46)35-40)50-27-14-11-23-44(50)47-24-15-18-37-28-31-41(54(56)53(37)47)36-16-5-3-6-17-36/h4,7-15,18-36H,3,5-6,16-17H2,1-2H3. The van der Waals surface area contributed by atoms with E-state index in [1.165, 1.54) is 121 Å². The second-order valence-electron chi connectivity index (χ2n) is 17.4. The third-order valence-corrected chi connectivity index (χ3v) is 14.2. The Labute approximate surface area is 336 Å². The fraction of sp³-hybridized carbons (Fsp3) is 0.179. The van der Waals surface area contributed by atoms with E-state index in [0.29, 0.717) is 5.92 Å². The van der Waals surface area contributed by atoms with Crippen molar-refractivity contribution in [2.45, 2.75) is 62.7 Å². The summed E-state index contributed by atoms with van der Waals surface area (Å²) in [4.78, 5) is 2.50. The van der Waals surface area contributed by atoms with Gasteiger partial charge in [-0.25, -0.2) is 0 Å². The third kappa shape index (κ3) is 4.46. The van der Waals surface area contributed by atoms with Crippen LogP contribution < -0.4 is 4.90 Å². The monoisotopic (exact) mass is 731 g/mol. The first-order chi connectivity index (χ1) is 28.0. The van der Waals surface area contributed by atoms with Crippen molar-refractivity contribution < 1.29 is 0 Å². The summed E-state index contributed by atoms with van der Waals surface area (Å²) in [5.74, 6) is 0.549. The maximum absolute atomic E-state index is 2.57. The van der Waals surface area contributed by atoms with E-state index >= 15 is 0 Å². The molecule has 4 aliphatic rings. The van der Waals surface area contributed by atoms with Gasteiger partial charge in [-0.2, -0.15) is 0 Å². The molecule has 0 radical (unpaired) electrons. The van der Waals surface area contributed by atoms with Crippen molar-refractivity contribution in [1.29, 1.82) is 0 Å². The molecule has 0 saturated heterocycles. The van der Waals surface area contributed by atoms with Gasteiger partial charge in [-0.15, -0.1) is 0 Å². The molecule has 0 bridgehead atoms. The van der Waals surface area contributed by atoms with Gasteiger partial charge in [0.1, 0.15) is 0 Å². The lowest BCUT2D eigenvalue weighted by Gasteiger charge is -2.43. The van der Waals surface area contributed by atoms with Crippen LogP contribution in [0.1, 0.15) is 90.8 Å². The molecule has 0 amide bonds. The molecular formula is C56H45N. The molecule has 1 nitrogen and oxygen atoms in total. The van der Waals surface area contributed by atoms with Crippen LogP contribution in [0.2, 0.25) is 0 Å². The van der Waals surface area contributed by atoms with Gasteiger partial charge in [0.05, 0.1) is 5.41 Å². The van der Waals surface area contributed by atoms with Crippen LogP contribution in [0.15, 0.2) is 170 Å². The van der Waals surface area contributed by atoms with Gasteiger partial charge in [-0.05, 0) is 138 Å². The van der Waals surface area contributed by atoms with Crippen LogP contribution in [-0.2, 0) is 10.8 Å². The van der Waals surface area contributed by atoms with E-state index < -0.39 is 5.41 Å². The van der Waals surface area contributed by atoms with E-state index in [1.807, 2.05) is 0 Å². The molecule has 57 heavy (non-hydrogen) atoms. The topological polar surface area (TPSA) is 3.24 Å². The van der Waals surface area contributed by atoms with Crippen LogP contribution in [0.5, 0.6) is 0 Å². The quantitative estimate of drug-likeness (QED) is 0.174. The fourth-order valence-corrected chi connectivity index (χ4v) is 11.8. The summed E-state index contributed by atoms with van der Waals surface area (Å²) in [7, 11) is 0. The maximum atomic E-state index is 2.57. The molecule has 8 aromatic carbocycles. The SMILES string of the molecule is CC1(C)c2ccccc2-c2ccc(N(c3ccccc3)c3ccc4c(c3)C3(c5ccccc5-4)c4ccccc4-c4cccc5ccc(C6CCCCC6)c3c45)cc21. The van der Waals surface area contributed by atoms with Gasteiger partial charge in [0.25, 0.3) is 0 Å². The second kappa shape index (κ2) is 12.2. The first kappa shape index (κ1) is 33.0. The molecule has 1 fully saturated rings. The highest BCUT2D eigenvalue weighted by atomic mass is 15.1. The lowest BCUT2D eigenvalue weighted by atomic mass is 9.59. The Bertz CT molecular complexity index is 2930. The molecule has 1 heteroatoms. The molecule has 12 rings (SSSR count). The molecule has 1 spiro atoms. The number of nitrogens with zero attached hydrogens (tertiary/aromatic N) is 1. The summed E-state index contributed by atoms with van der Waals surface area (Å²) in [5, 5.41) is 2.78. The first-order valence-electron chi connectivity index (χ1n) is 21.0. The van der Waals surface area contributed by atoms with Crippen molar-refractivity contribution >= 4 is 27.8 Å². The zero-order chi connectivity index (χ0) is 37.9. The van der Waals surface area contributed by atoms with Gasteiger partial charge in [-0.3, -0.25) is 0 Å². The summed E-state index contributed by atoms with van der Waals surface area (Å²) in [5.41, 5.74) is 21.1. The van der Waals surface area contributed by atoms with Crippen LogP contribution in [0, 0.1) is 0 Å². The van der Waals surface area contributed by atoms with Gasteiger partial charge < -0.3 is 4.90 Å². The molecule has 1 atom stereocenters. The van der Waals surface area contributed by atoms with E-state index in [4.69, 9.17) is 0 Å². The molecule has 0 aliphatic heterocycles. The van der Waals surface area contributed by atoms with Crippen molar-refractivity contribution in [3.8, 4) is 33.4 Å². The summed E-state index contributed by atoms with van der Waals surface area (Å²) in [6.07, 6.45) is 6.47. The minimum absolute atomic E-state index is 0.0959. The lowest BCUT2D eigenvalue weighted by molar-refractivity contribution is 0.440. The van der Waals surface area contributed by atoms with Gasteiger partial charge in [0.15, 0.2) is 0 Å². The zero-order valence-electron chi connectivity index (χ0n) is 32.7. The molecule has 274 valence electrons. The summed E-state index contributed by atoms with van der Waals surface area (Å²) in [6.45, 7) is 4.76. The van der Waals surface area contributed by atoms with Gasteiger partial charge >= 0.3 is 0 Å². The number of hydrogen-bond acceptors (Lipinski definition) is 1. The Kier molecular flexibility index (Phi) is 7.04. The predicted molar refractivity (Wildman–Crippen MR) is 238 cm³/mol. The van der Waals surface area contributed by atoms with Gasteiger partial charge in [0, 0.05) is 22.5 Å². The van der Waals surface area contributed by atoms with Crippen molar-refractivity contribution in [1.82, 2.24) is 0 Å². The minimum Gasteiger partial charge on any atom is -0.310 e. The predicted octanol–water partition coefficient (Wildman–Crippen LogP) is 15.0. The highest BCUT2D eigenvalue weighted by Crippen LogP contribution is 2.64. The van der Waals surface area contributed by atoms with E-state index in [1.54, 1.807) is 5.56 Å². The molecule has 1 unspecified atom stereocenters. The van der Waals surface area contributed by atoms with Gasteiger partial charge in [-0.1, -0.05) is 167 Å². The van der Waals surface area contributed by atoms with E-state index in [2.05, 4.69) is 189 Å². The second-order valence-corrected chi connectivity index (χ2v) is 17.4. The zero-order valence-corrected chi connectivity index (χ0v) is 32.7. The largest absolute Gasteiger partial charge is 0.310 e. The Morgan fingerprint density at radius 2 is 0.965 bits per heavy atom. The number of rotatable bonds is 4. The molecular weight excluding hydrogens is 687 g/mol. The van der Waals surface area contributed by atoms with Crippen LogP contribution >= 0.6 is 0 Å². The molecule has 1 saturated carbocycles. The Balaban J connectivity index is 1.16. The number of fused-ring (bicyclic) bond motifs is 12. The lowest BCUT2D eigenvalue weighted by Crippen LogP contribution is -2.34.